The van der Waals surface area contributed by atoms with Gasteiger partial charge < -0.3 is 36.8 Å². The molecule has 0 atom stereocenters. The number of halogens is 9. The molecule has 36 heteroatoms. The zero-order valence-electron chi connectivity index (χ0n) is 74.7. The molecule has 0 radical (unpaired) electrons. The molecule has 0 bridgehead atoms. The zero-order chi connectivity index (χ0) is 97.1. The molecule has 2 aliphatic heterocycles. The van der Waals surface area contributed by atoms with Crippen LogP contribution in [0, 0.1) is 109 Å². The molecular weight excluding hydrogens is 1840 g/mol. The number of aliphatic imine (C=N–C) groups is 1. The van der Waals surface area contributed by atoms with Gasteiger partial charge in [-0.15, -0.1) is 0 Å². The summed E-state index contributed by atoms with van der Waals surface area (Å²) in [6.07, 6.45) is 13.9. The van der Waals surface area contributed by atoms with Crippen molar-refractivity contribution in [2.24, 2.45) is 10.4 Å². The topological polar surface area (TPSA) is 280 Å². The Hall–Kier alpha value is -11.2. The van der Waals surface area contributed by atoms with Gasteiger partial charge in [0.05, 0.1) is 47.7 Å². The van der Waals surface area contributed by atoms with Crippen LogP contribution < -0.4 is 46.6 Å². The number of carbonyl (C=O) groups is 7. The van der Waals surface area contributed by atoms with E-state index >= 15 is 8.78 Å². The van der Waals surface area contributed by atoms with Gasteiger partial charge in [0.25, 0.3) is 11.8 Å². The molecule has 1 spiro atoms. The number of nitrogens with zero attached hydrogens (tertiary/aromatic N) is 10. The van der Waals surface area contributed by atoms with E-state index in [1.54, 1.807) is 95.5 Å². The SMILES string of the molecule is CNC(=O)CCCc1ccc(CC2(C#N)CCC2)cc1F.CNC(=O)CCCc1ccc(N)cc1F.C[Si](C)(C)C#N.O=C1CCC1.[C-]#[N+]c1ccc(N2C(=O)C(C)(C)N(c3ccc(CCCC(=O)NC)c(F)c3)C2=S)c(F)c1C.[C-]#[N+]c1ccc(N2C(=O)C3(CCC3)N(c3ccc(CCCC(=O)NC)c(F)c3)C2=S)c(F)c1C.[C-]#[N+]c1ccc(N=C=S)c(F)c1C.[Cl][Zn][Cl]. The third-order valence-electron chi connectivity index (χ3n) is 21.9. The first-order valence-corrected chi connectivity index (χ1v) is 54.2. The standard InChI is InChI=1S/C25H24F2N4O2S.C24H24F2N4O2S.C17H21FN2O.C11H15FN2O.C9H5FN2S.C4H9NSi.C4H6O.2ClH.Zn/c1-15-19(28-2)10-11-20(22(15)27)30-23(33)25(12-5-13-25)31(24(30)34)17-9-8-16(18(26)14-17)6-4-7-21(32)29-3;1-14-18(27-4)11-12-19(21(14)26)29-22(32)24(2,3)30(23(29)33)16-10-9-15(17(25)13-16)7-6-8-20(31)28-5;1-20-16(21)5-2-4-14-7-6-13(10-15(14)18)11-17(12-19)8-3-9-17;1-14-11(15)4-2-3-8-5-6-9(13)7-10(8)12;1-6-7(11-2)3-4-8(9(6)10)12-5-13;1-6(2,3)4-5;5-4-2-1-3-4;;;/h8-11,14H,4-7,12-13H2,1,3H3,(H,29,32);9-13H,6-8H2,1-3,5H3,(H,28,31);6-7,10H,2-5,8-9,11H2,1H3,(H,20,21);5-7H,2-4,13H2,1H3,(H,14,15);3-4H,1H3;1-3H3;1-3H2;2*1H;/q;;;;;;;;;+2/p-2. The van der Waals surface area contributed by atoms with E-state index in [0.717, 1.165) is 55.4 Å². The second kappa shape index (κ2) is 52.0. The van der Waals surface area contributed by atoms with Crippen LogP contribution in [0.25, 0.3) is 14.5 Å². The van der Waals surface area contributed by atoms with E-state index in [1.807, 2.05) is 25.7 Å². The van der Waals surface area contributed by atoms with Crippen molar-refractivity contribution >= 4 is 172 Å². The molecule has 7 aromatic carbocycles. The summed E-state index contributed by atoms with van der Waals surface area (Å²) in [5.74, 6) is -3.94. The van der Waals surface area contributed by atoms with Gasteiger partial charge in [-0.2, -0.15) is 10.3 Å². The number of ketones is 1. The first-order valence-electron chi connectivity index (χ1n) is 41.7. The van der Waals surface area contributed by atoms with Crippen molar-refractivity contribution in [3.8, 4) is 11.8 Å². The number of thiocarbonyl (C=S) groups is 3. The van der Waals surface area contributed by atoms with Crippen LogP contribution in [0.1, 0.15) is 168 Å². The quantitative estimate of drug-likeness (QED) is 0.00994. The molecule has 5 aliphatic rings. The molecule has 684 valence electrons. The van der Waals surface area contributed by atoms with E-state index in [0.29, 0.717) is 153 Å². The molecule has 22 nitrogen and oxygen atoms in total. The molecule has 3 aliphatic carbocycles. The van der Waals surface area contributed by atoms with Crippen molar-refractivity contribution in [3.63, 3.8) is 0 Å². The molecule has 5 fully saturated rings. The zero-order valence-corrected chi connectivity index (χ0v) is 82.6. The number of carbonyl (C=O) groups excluding carboxylic acids is 7. The summed E-state index contributed by atoms with van der Waals surface area (Å²) >= 11 is 14.6. The summed E-state index contributed by atoms with van der Waals surface area (Å²) in [5, 5.41) is 29.8. The van der Waals surface area contributed by atoms with Crippen LogP contribution in [-0.4, -0.2) is 104 Å². The number of nitrogens with one attached hydrogen (secondary N) is 4. The Morgan fingerprint density at radius 1 is 0.538 bits per heavy atom. The molecule has 3 saturated carbocycles. The minimum absolute atomic E-state index is 0.0000298. The Kier molecular flexibility index (Phi) is 43.7. The van der Waals surface area contributed by atoms with Gasteiger partial charge in [-0.1, -0.05) is 74.6 Å². The molecule has 2 heterocycles. The molecule has 0 aromatic heterocycles. The van der Waals surface area contributed by atoms with Crippen LogP contribution in [0.2, 0.25) is 19.6 Å². The van der Waals surface area contributed by atoms with Crippen LogP contribution in [0.5, 0.6) is 0 Å². The Balaban J connectivity index is 0.000000287. The number of rotatable bonds is 23. The van der Waals surface area contributed by atoms with E-state index in [-0.39, 0.29) is 96.4 Å². The Morgan fingerprint density at radius 3 is 1.22 bits per heavy atom. The van der Waals surface area contributed by atoms with Crippen LogP contribution in [0.15, 0.2) is 114 Å². The number of hydrogen-bond acceptors (Lipinski definition) is 14. The van der Waals surface area contributed by atoms with E-state index in [4.69, 9.17) is 74.5 Å². The summed E-state index contributed by atoms with van der Waals surface area (Å²) in [5.41, 5.74) is 10.8. The van der Waals surface area contributed by atoms with Crippen molar-refractivity contribution in [2.75, 3.05) is 53.5 Å². The average Bonchev–Trinajstić information content (AvgIpc) is 1.55. The van der Waals surface area contributed by atoms with E-state index in [2.05, 4.69) is 69.9 Å². The maximum absolute atomic E-state index is 15.2. The van der Waals surface area contributed by atoms with Gasteiger partial charge in [-0.25, -0.2) is 50.5 Å². The van der Waals surface area contributed by atoms with Crippen LogP contribution in [0.4, 0.5) is 81.9 Å². The van der Waals surface area contributed by atoms with Gasteiger partial charge >= 0.3 is 34.5 Å². The number of nitriles is 2. The van der Waals surface area contributed by atoms with Crippen molar-refractivity contribution in [2.45, 2.75) is 207 Å². The third kappa shape index (κ3) is 29.7. The van der Waals surface area contributed by atoms with Crippen LogP contribution in [-0.2, 0) is 80.8 Å². The summed E-state index contributed by atoms with van der Waals surface area (Å²) in [4.78, 5) is 100. The predicted octanol–water partition coefficient (Wildman–Crippen LogP) is 21.3. The molecule has 130 heavy (non-hydrogen) atoms. The number of benzene rings is 7. The van der Waals surface area contributed by atoms with Crippen LogP contribution in [0.3, 0.4) is 0 Å². The number of nitrogen functional groups attached to an aromatic ring is 1. The monoisotopic (exact) mass is 1950 g/mol. The third-order valence-corrected chi connectivity index (χ3v) is 23.4. The summed E-state index contributed by atoms with van der Waals surface area (Å²) in [6, 6.07) is 30.1. The second-order valence-corrected chi connectivity index (χ2v) is 42.6. The van der Waals surface area contributed by atoms with Gasteiger partial charge in [0.15, 0.2) is 35.4 Å². The summed E-state index contributed by atoms with van der Waals surface area (Å²) in [7, 11) is 14.9. The van der Waals surface area contributed by atoms with Crippen molar-refractivity contribution < 1.29 is 79.4 Å². The first-order chi connectivity index (χ1) is 61.6. The van der Waals surface area contributed by atoms with Crippen molar-refractivity contribution in [1.82, 2.24) is 21.3 Å². The minimum atomic E-state index is -1.33. The van der Waals surface area contributed by atoms with E-state index < -0.39 is 69.3 Å². The normalized spacial score (nSPS) is 14.1. The Bertz CT molecular complexity index is 5600. The number of anilines is 5. The number of nitrogens with two attached hydrogens (primary N) is 1. The van der Waals surface area contributed by atoms with Crippen molar-refractivity contribution in [3.05, 3.63) is 229 Å². The number of hydrogen-bond donors (Lipinski definition) is 5. The fourth-order valence-corrected chi connectivity index (χ4v) is 14.9. The molecule has 12 rings (SSSR count). The average molecular weight is 1950 g/mol. The van der Waals surface area contributed by atoms with E-state index in [9.17, 15) is 60.8 Å². The number of Topliss-reactive ketones (excluding diaryl/α,β-unsaturated/α-hetero) is 1. The summed E-state index contributed by atoms with van der Waals surface area (Å²) < 4.78 is 101. The fourth-order valence-electron chi connectivity index (χ4n) is 13.8. The number of amides is 6. The molecular formula is C94H104Cl2F7N15O7S3SiZn. The van der Waals surface area contributed by atoms with Gasteiger partial charge in [0.1, 0.15) is 63.3 Å². The van der Waals surface area contributed by atoms with Crippen LogP contribution >= 0.6 is 56.0 Å². The molecule has 6 N–H and O–H groups in total. The molecule has 0 unspecified atom stereocenters. The Morgan fingerprint density at radius 2 is 0.892 bits per heavy atom. The summed E-state index contributed by atoms with van der Waals surface area (Å²) in [6.45, 7) is 34.9. The first kappa shape index (κ1) is 109. The van der Waals surface area contributed by atoms with Crippen molar-refractivity contribution in [1.29, 1.82) is 10.5 Å². The fraction of sp³-hybridized carbons (Fsp3) is 0.394. The molecule has 7 aromatic rings. The Labute approximate surface area is 788 Å². The number of aryl methyl sites for hydroxylation is 4. The van der Waals surface area contributed by atoms with E-state index in [1.165, 1.54) is 85.2 Å². The molecule has 2 saturated heterocycles. The predicted molar refractivity (Wildman–Crippen MR) is 506 cm³/mol. The second-order valence-electron chi connectivity index (χ2n) is 32.3. The van der Waals surface area contributed by atoms with Gasteiger partial charge in [0, 0.05) is 89.5 Å². The molecule has 6 amide bonds. The maximum atomic E-state index is 15.2. The van der Waals surface area contributed by atoms with Gasteiger partial charge in [-0.3, -0.25) is 43.4 Å². The van der Waals surface area contributed by atoms with Gasteiger partial charge in [-0.05, 0) is 273 Å². The van der Waals surface area contributed by atoms with Gasteiger partial charge in [0.2, 0.25) is 23.6 Å². The number of isothiocyanates is 1.